The molecule has 16 heavy (non-hydrogen) atoms. The van der Waals surface area contributed by atoms with E-state index in [1.165, 1.54) is 0 Å². The van der Waals surface area contributed by atoms with Crippen molar-refractivity contribution in [2.75, 3.05) is 20.1 Å². The number of likely N-dealkylation sites (tertiary alicyclic amines) is 1. The number of nitrogens with one attached hydrogen (secondary N) is 1. The lowest BCUT2D eigenvalue weighted by Crippen LogP contribution is -2.48. The molecular formula is C11H20N2O3. The van der Waals surface area contributed by atoms with Gasteiger partial charge in [-0.15, -0.1) is 0 Å². The molecule has 0 aromatic carbocycles. The van der Waals surface area contributed by atoms with Gasteiger partial charge >= 0.3 is 5.97 Å². The predicted octanol–water partition coefficient (Wildman–Crippen LogP) is 0.308. The van der Waals surface area contributed by atoms with Gasteiger partial charge in [0.2, 0.25) is 5.91 Å². The Balaban J connectivity index is 2.49. The Hall–Kier alpha value is -1.10. The first-order chi connectivity index (χ1) is 7.54. The number of carboxylic acid groups (broad SMARTS) is 1. The Labute approximate surface area is 95.8 Å². The molecule has 2 atom stereocenters. The summed E-state index contributed by atoms with van der Waals surface area (Å²) in [4.78, 5) is 24.3. The number of amides is 1. The van der Waals surface area contributed by atoms with Crippen LogP contribution in [0.3, 0.4) is 0 Å². The second-order valence-corrected chi connectivity index (χ2v) is 4.40. The lowest BCUT2D eigenvalue weighted by Gasteiger charge is -2.33. The van der Waals surface area contributed by atoms with E-state index >= 15 is 0 Å². The van der Waals surface area contributed by atoms with E-state index in [-0.39, 0.29) is 24.3 Å². The number of hydrogen-bond acceptors (Lipinski definition) is 3. The van der Waals surface area contributed by atoms with Gasteiger partial charge in [0.05, 0.1) is 6.04 Å². The van der Waals surface area contributed by atoms with Crippen LogP contribution in [0.2, 0.25) is 0 Å². The van der Waals surface area contributed by atoms with E-state index in [0.717, 1.165) is 19.4 Å². The van der Waals surface area contributed by atoms with Crippen LogP contribution in [0.15, 0.2) is 0 Å². The van der Waals surface area contributed by atoms with Gasteiger partial charge in [-0.1, -0.05) is 0 Å². The third-order valence-electron chi connectivity index (χ3n) is 3.10. The van der Waals surface area contributed by atoms with E-state index in [0.29, 0.717) is 6.54 Å². The molecule has 5 heteroatoms. The van der Waals surface area contributed by atoms with Crippen molar-refractivity contribution in [3.05, 3.63) is 0 Å². The molecule has 0 aliphatic carbocycles. The van der Waals surface area contributed by atoms with E-state index in [9.17, 15) is 9.59 Å². The molecule has 5 nitrogen and oxygen atoms in total. The summed E-state index contributed by atoms with van der Waals surface area (Å²) in [5.41, 5.74) is 0. The molecule has 1 heterocycles. The number of carbonyl (C=O) groups excluding carboxylic acids is 1. The lowest BCUT2D eigenvalue weighted by atomic mass is 9.94. The summed E-state index contributed by atoms with van der Waals surface area (Å²) in [6.45, 7) is 3.15. The van der Waals surface area contributed by atoms with Crippen LogP contribution in [0, 0.1) is 5.92 Å². The number of carboxylic acids is 1. The SMILES string of the molecule is CNC(C)C(=O)N1CCCC(CC(=O)O)C1. The summed E-state index contributed by atoms with van der Waals surface area (Å²) < 4.78 is 0. The van der Waals surface area contributed by atoms with E-state index in [2.05, 4.69) is 5.32 Å². The molecule has 2 unspecified atom stereocenters. The van der Waals surface area contributed by atoms with Crippen molar-refractivity contribution in [2.45, 2.75) is 32.2 Å². The van der Waals surface area contributed by atoms with Crippen molar-refractivity contribution in [1.82, 2.24) is 10.2 Å². The Morgan fingerprint density at radius 1 is 1.56 bits per heavy atom. The second kappa shape index (κ2) is 5.84. The number of likely N-dealkylation sites (N-methyl/N-ethyl adjacent to an activating group) is 1. The van der Waals surface area contributed by atoms with Gasteiger partial charge in [0.25, 0.3) is 0 Å². The van der Waals surface area contributed by atoms with Crippen LogP contribution in [-0.2, 0) is 9.59 Å². The topological polar surface area (TPSA) is 69.6 Å². The molecule has 1 aliphatic heterocycles. The van der Waals surface area contributed by atoms with Crippen LogP contribution in [0.25, 0.3) is 0 Å². The smallest absolute Gasteiger partial charge is 0.303 e. The van der Waals surface area contributed by atoms with Gasteiger partial charge in [0, 0.05) is 19.5 Å². The van der Waals surface area contributed by atoms with Crippen LogP contribution in [0.5, 0.6) is 0 Å². The molecular weight excluding hydrogens is 208 g/mol. The van der Waals surface area contributed by atoms with Gasteiger partial charge in [-0.3, -0.25) is 9.59 Å². The molecule has 1 rings (SSSR count). The minimum atomic E-state index is -0.777. The Kier molecular flexibility index (Phi) is 4.73. The molecule has 0 bridgehead atoms. The molecule has 0 aromatic heterocycles. The monoisotopic (exact) mass is 228 g/mol. The number of nitrogens with zero attached hydrogens (tertiary/aromatic N) is 1. The van der Waals surface area contributed by atoms with E-state index in [1.807, 2.05) is 6.92 Å². The minimum absolute atomic E-state index is 0.0672. The zero-order chi connectivity index (χ0) is 12.1. The van der Waals surface area contributed by atoms with Gasteiger partial charge in [-0.25, -0.2) is 0 Å². The Morgan fingerprint density at radius 3 is 2.81 bits per heavy atom. The summed E-state index contributed by atoms with van der Waals surface area (Å²) in [6, 6.07) is -0.191. The zero-order valence-corrected chi connectivity index (χ0v) is 9.90. The first-order valence-corrected chi connectivity index (χ1v) is 5.72. The maximum absolute atomic E-state index is 11.9. The first kappa shape index (κ1) is 13.0. The Bertz CT molecular complexity index is 268. The largest absolute Gasteiger partial charge is 0.481 e. The highest BCUT2D eigenvalue weighted by atomic mass is 16.4. The van der Waals surface area contributed by atoms with Gasteiger partial charge in [-0.05, 0) is 32.7 Å². The Morgan fingerprint density at radius 2 is 2.25 bits per heavy atom. The minimum Gasteiger partial charge on any atom is -0.481 e. The highest BCUT2D eigenvalue weighted by Gasteiger charge is 2.27. The van der Waals surface area contributed by atoms with Crippen LogP contribution in [0.4, 0.5) is 0 Å². The van der Waals surface area contributed by atoms with Gasteiger partial charge in [0.15, 0.2) is 0 Å². The van der Waals surface area contributed by atoms with Crippen molar-refractivity contribution in [2.24, 2.45) is 5.92 Å². The zero-order valence-electron chi connectivity index (χ0n) is 9.90. The molecule has 1 fully saturated rings. The van der Waals surface area contributed by atoms with Crippen LogP contribution >= 0.6 is 0 Å². The highest BCUT2D eigenvalue weighted by molar-refractivity contribution is 5.81. The van der Waals surface area contributed by atoms with Crippen molar-refractivity contribution < 1.29 is 14.7 Å². The third kappa shape index (κ3) is 3.48. The summed E-state index contributed by atoms with van der Waals surface area (Å²) in [5, 5.41) is 11.6. The average molecular weight is 228 g/mol. The number of rotatable bonds is 4. The number of carbonyl (C=O) groups is 2. The maximum atomic E-state index is 11.9. The molecule has 92 valence electrons. The molecule has 0 spiro atoms. The molecule has 1 saturated heterocycles. The lowest BCUT2D eigenvalue weighted by molar-refractivity contribution is -0.141. The molecule has 2 N–H and O–H groups in total. The van der Waals surface area contributed by atoms with E-state index in [1.54, 1.807) is 11.9 Å². The normalized spacial score (nSPS) is 22.9. The van der Waals surface area contributed by atoms with Crippen molar-refractivity contribution in [3.63, 3.8) is 0 Å². The average Bonchev–Trinajstić information content (AvgIpc) is 2.26. The van der Waals surface area contributed by atoms with E-state index < -0.39 is 5.97 Å². The summed E-state index contributed by atoms with van der Waals surface area (Å²) in [7, 11) is 1.75. The van der Waals surface area contributed by atoms with Crippen LogP contribution in [0.1, 0.15) is 26.2 Å². The number of piperidine rings is 1. The maximum Gasteiger partial charge on any atom is 0.303 e. The first-order valence-electron chi connectivity index (χ1n) is 5.72. The highest BCUT2D eigenvalue weighted by Crippen LogP contribution is 2.20. The van der Waals surface area contributed by atoms with Gasteiger partial charge in [-0.2, -0.15) is 0 Å². The fourth-order valence-corrected chi connectivity index (χ4v) is 2.08. The molecule has 1 aliphatic rings. The van der Waals surface area contributed by atoms with Gasteiger partial charge in [0.1, 0.15) is 0 Å². The molecule has 1 amide bonds. The van der Waals surface area contributed by atoms with Crippen molar-refractivity contribution in [1.29, 1.82) is 0 Å². The standard InChI is InChI=1S/C11H20N2O3/c1-8(12-2)11(16)13-5-3-4-9(7-13)6-10(14)15/h8-9,12H,3-7H2,1-2H3,(H,14,15). The molecule has 0 aromatic rings. The molecule has 0 radical (unpaired) electrons. The van der Waals surface area contributed by atoms with Crippen LogP contribution in [-0.4, -0.2) is 48.1 Å². The number of aliphatic carboxylic acids is 1. The van der Waals surface area contributed by atoms with Crippen LogP contribution < -0.4 is 5.32 Å². The quantitative estimate of drug-likeness (QED) is 0.726. The predicted molar refractivity (Wildman–Crippen MR) is 60.1 cm³/mol. The van der Waals surface area contributed by atoms with E-state index in [4.69, 9.17) is 5.11 Å². The number of hydrogen-bond donors (Lipinski definition) is 2. The van der Waals surface area contributed by atoms with Gasteiger partial charge < -0.3 is 15.3 Å². The fourth-order valence-electron chi connectivity index (χ4n) is 2.08. The van der Waals surface area contributed by atoms with Crippen molar-refractivity contribution in [3.8, 4) is 0 Å². The van der Waals surface area contributed by atoms with Crippen molar-refractivity contribution >= 4 is 11.9 Å². The third-order valence-corrected chi connectivity index (χ3v) is 3.10. The fraction of sp³-hybridized carbons (Fsp3) is 0.818. The summed E-state index contributed by atoms with van der Waals surface area (Å²) >= 11 is 0. The molecule has 0 saturated carbocycles. The second-order valence-electron chi connectivity index (χ2n) is 4.40. The summed E-state index contributed by atoms with van der Waals surface area (Å²) in [6.07, 6.45) is 1.97. The summed E-state index contributed by atoms with van der Waals surface area (Å²) in [5.74, 6) is -0.599.